The molecule has 5 atom stereocenters. The average molecular weight is 281 g/mol. The van der Waals surface area contributed by atoms with Gasteiger partial charge in [-0.2, -0.15) is 0 Å². The maximum Gasteiger partial charge on any atom is -0.0329 e. The van der Waals surface area contributed by atoms with Crippen molar-refractivity contribution < 1.29 is 0 Å². The highest BCUT2D eigenvalue weighted by molar-refractivity contribution is 4.96. The van der Waals surface area contributed by atoms with E-state index in [0.29, 0.717) is 0 Å². The molecule has 1 fully saturated rings. The molecule has 1 rings (SSSR count). The van der Waals surface area contributed by atoms with Gasteiger partial charge >= 0.3 is 0 Å². The fourth-order valence-electron chi connectivity index (χ4n) is 4.39. The van der Waals surface area contributed by atoms with Crippen LogP contribution in [-0.4, -0.2) is 0 Å². The van der Waals surface area contributed by atoms with Gasteiger partial charge in [-0.25, -0.2) is 0 Å². The van der Waals surface area contributed by atoms with Crippen molar-refractivity contribution >= 4 is 0 Å². The van der Waals surface area contributed by atoms with Gasteiger partial charge in [-0.3, -0.25) is 0 Å². The molecule has 0 aliphatic heterocycles. The Hall–Kier alpha value is 0. The summed E-state index contributed by atoms with van der Waals surface area (Å²) < 4.78 is 0. The Morgan fingerprint density at radius 3 is 2.15 bits per heavy atom. The highest BCUT2D eigenvalue weighted by Gasteiger charge is 2.47. The molecule has 0 aromatic heterocycles. The van der Waals surface area contributed by atoms with Gasteiger partial charge in [0.15, 0.2) is 0 Å². The molecule has 5 unspecified atom stereocenters. The maximum atomic E-state index is 2.51. The number of hydrogen-bond acceptors (Lipinski definition) is 0. The lowest BCUT2D eigenvalue weighted by Crippen LogP contribution is -2.00. The van der Waals surface area contributed by atoms with Crippen molar-refractivity contribution in [2.45, 2.75) is 98.8 Å². The van der Waals surface area contributed by atoms with Gasteiger partial charge in [0.05, 0.1) is 0 Å². The van der Waals surface area contributed by atoms with Gasteiger partial charge in [0, 0.05) is 0 Å². The summed E-state index contributed by atoms with van der Waals surface area (Å²) >= 11 is 0. The molecule has 0 aromatic rings. The fourth-order valence-corrected chi connectivity index (χ4v) is 4.39. The minimum Gasteiger partial charge on any atom is -0.0654 e. The molecule has 0 N–H and O–H groups in total. The summed E-state index contributed by atoms with van der Waals surface area (Å²) in [6.45, 7) is 12.1. The highest BCUT2D eigenvalue weighted by atomic mass is 14.5. The van der Waals surface area contributed by atoms with Gasteiger partial charge in [0.25, 0.3) is 0 Å². The average Bonchev–Trinajstić information content (AvgIpc) is 3.06. The zero-order valence-corrected chi connectivity index (χ0v) is 15.0. The van der Waals surface area contributed by atoms with Crippen molar-refractivity contribution in [3.63, 3.8) is 0 Å². The molecule has 20 heavy (non-hydrogen) atoms. The third-order valence-electron chi connectivity index (χ3n) is 5.82. The zero-order chi connectivity index (χ0) is 15.0. The largest absolute Gasteiger partial charge is 0.0654 e. The van der Waals surface area contributed by atoms with E-state index in [1.165, 1.54) is 64.2 Å². The Morgan fingerprint density at radius 1 is 0.800 bits per heavy atom. The predicted octanol–water partition coefficient (Wildman–Crippen LogP) is 7.08. The third-order valence-corrected chi connectivity index (χ3v) is 5.82. The number of unbranched alkanes of at least 4 members (excludes halogenated alkanes) is 3. The van der Waals surface area contributed by atoms with E-state index in [4.69, 9.17) is 0 Å². The molecule has 1 aliphatic rings. The van der Waals surface area contributed by atoms with Gasteiger partial charge in [-0.1, -0.05) is 92.4 Å². The number of hydrogen-bond donors (Lipinski definition) is 0. The molecule has 0 heteroatoms. The van der Waals surface area contributed by atoms with E-state index in [2.05, 4.69) is 34.6 Å². The van der Waals surface area contributed by atoms with Gasteiger partial charge in [-0.15, -0.1) is 0 Å². The first kappa shape index (κ1) is 18.1. The second-order valence-corrected chi connectivity index (χ2v) is 7.75. The second kappa shape index (κ2) is 9.85. The van der Waals surface area contributed by atoms with Crippen LogP contribution in [-0.2, 0) is 0 Å². The van der Waals surface area contributed by atoms with Crippen LogP contribution in [0.1, 0.15) is 98.8 Å². The molecular formula is C20H40. The molecule has 120 valence electrons. The first-order valence-corrected chi connectivity index (χ1v) is 9.61. The summed E-state index contributed by atoms with van der Waals surface area (Å²) in [5.41, 5.74) is 0. The molecule has 0 bridgehead atoms. The van der Waals surface area contributed by atoms with Crippen LogP contribution in [0.2, 0.25) is 0 Å². The minimum atomic E-state index is 0.959. The van der Waals surface area contributed by atoms with Crippen LogP contribution >= 0.6 is 0 Å². The Labute approximate surface area is 129 Å². The van der Waals surface area contributed by atoms with E-state index in [1.54, 1.807) is 0 Å². The van der Waals surface area contributed by atoms with E-state index >= 15 is 0 Å². The van der Waals surface area contributed by atoms with Gasteiger partial charge in [0.1, 0.15) is 0 Å². The topological polar surface area (TPSA) is 0 Å². The normalized spacial score (nSPS) is 28.4. The Morgan fingerprint density at radius 2 is 1.50 bits per heavy atom. The summed E-state index contributed by atoms with van der Waals surface area (Å²) in [5, 5.41) is 0. The minimum absolute atomic E-state index is 0.959. The molecule has 0 amide bonds. The van der Waals surface area contributed by atoms with Crippen LogP contribution in [0.4, 0.5) is 0 Å². The van der Waals surface area contributed by atoms with E-state index in [9.17, 15) is 0 Å². The second-order valence-electron chi connectivity index (χ2n) is 7.75. The Kier molecular flexibility index (Phi) is 8.89. The molecule has 0 heterocycles. The van der Waals surface area contributed by atoms with Gasteiger partial charge in [-0.05, 0) is 36.0 Å². The van der Waals surface area contributed by atoms with E-state index in [0.717, 1.165) is 29.6 Å². The molecule has 0 nitrogen and oxygen atoms in total. The van der Waals surface area contributed by atoms with Crippen molar-refractivity contribution in [2.75, 3.05) is 0 Å². The first-order valence-electron chi connectivity index (χ1n) is 9.61. The summed E-state index contributed by atoms with van der Waals surface area (Å²) in [6.07, 6.45) is 14.5. The van der Waals surface area contributed by atoms with Crippen LogP contribution in [0.5, 0.6) is 0 Å². The van der Waals surface area contributed by atoms with E-state index in [-0.39, 0.29) is 0 Å². The molecular weight excluding hydrogens is 240 g/mol. The number of rotatable bonds is 12. The fraction of sp³-hybridized carbons (Fsp3) is 1.00. The van der Waals surface area contributed by atoms with Crippen LogP contribution in [0, 0.1) is 29.6 Å². The van der Waals surface area contributed by atoms with Crippen molar-refractivity contribution in [3.8, 4) is 0 Å². The highest BCUT2D eigenvalue weighted by Crippen LogP contribution is 2.54. The van der Waals surface area contributed by atoms with Crippen LogP contribution < -0.4 is 0 Å². The molecule has 1 saturated carbocycles. The summed E-state index contributed by atoms with van der Waals surface area (Å²) in [6, 6.07) is 0. The smallest absolute Gasteiger partial charge is 0.0329 e. The molecule has 1 aliphatic carbocycles. The molecule has 0 spiro atoms. The van der Waals surface area contributed by atoms with E-state index < -0.39 is 0 Å². The lowest BCUT2D eigenvalue weighted by molar-refractivity contribution is 0.400. The summed E-state index contributed by atoms with van der Waals surface area (Å²) in [7, 11) is 0. The Balaban J connectivity index is 2.07. The predicted molar refractivity (Wildman–Crippen MR) is 92.0 cm³/mol. The van der Waals surface area contributed by atoms with Crippen molar-refractivity contribution in [3.05, 3.63) is 0 Å². The van der Waals surface area contributed by atoms with Crippen molar-refractivity contribution in [1.29, 1.82) is 0 Å². The Bertz CT molecular complexity index is 232. The van der Waals surface area contributed by atoms with Gasteiger partial charge in [0.2, 0.25) is 0 Å². The lowest BCUT2D eigenvalue weighted by atomic mass is 9.94. The molecule has 0 aromatic carbocycles. The third kappa shape index (κ3) is 6.19. The van der Waals surface area contributed by atoms with Crippen LogP contribution in [0.25, 0.3) is 0 Å². The quantitative estimate of drug-likeness (QED) is 0.335. The van der Waals surface area contributed by atoms with Crippen LogP contribution in [0.3, 0.4) is 0 Å². The molecule has 0 radical (unpaired) electrons. The van der Waals surface area contributed by atoms with Gasteiger partial charge < -0.3 is 0 Å². The van der Waals surface area contributed by atoms with Crippen LogP contribution in [0.15, 0.2) is 0 Å². The van der Waals surface area contributed by atoms with Crippen molar-refractivity contribution in [2.24, 2.45) is 29.6 Å². The molecule has 0 saturated heterocycles. The maximum absolute atomic E-state index is 2.51. The summed E-state index contributed by atoms with van der Waals surface area (Å²) in [4.78, 5) is 0. The standard InChI is InChI=1S/C20H40/c1-6-8-9-14-17(4)20-18(5)19(20)15-11-10-13-16(3)12-7-2/h16-20H,6-15H2,1-5H3. The lowest BCUT2D eigenvalue weighted by Gasteiger charge is -2.11. The van der Waals surface area contributed by atoms with Crippen molar-refractivity contribution in [1.82, 2.24) is 0 Å². The first-order chi connectivity index (χ1) is 9.61. The zero-order valence-electron chi connectivity index (χ0n) is 15.0. The SMILES string of the molecule is CCCCCC(C)C1C(C)C1CCCCC(C)CCC. The van der Waals surface area contributed by atoms with E-state index in [1.807, 2.05) is 0 Å². The monoisotopic (exact) mass is 280 g/mol. The summed E-state index contributed by atoms with van der Waals surface area (Å²) in [5.74, 6) is 5.12.